The van der Waals surface area contributed by atoms with Gasteiger partial charge < -0.3 is 14.8 Å². The lowest BCUT2D eigenvalue weighted by atomic mass is 9.91. The molecule has 112 valence electrons. The minimum absolute atomic E-state index is 0.174. The molecule has 0 aromatic heterocycles. The van der Waals surface area contributed by atoms with Crippen LogP contribution in [-0.2, 0) is 19.8 Å². The maximum Gasteiger partial charge on any atom is 0.338 e. The number of methoxy groups -OCH3 is 1. The lowest BCUT2D eigenvalue weighted by Crippen LogP contribution is -2.40. The van der Waals surface area contributed by atoms with E-state index in [1.807, 2.05) is 0 Å². The van der Waals surface area contributed by atoms with Crippen molar-refractivity contribution in [1.82, 2.24) is 10.6 Å². The first-order valence-corrected chi connectivity index (χ1v) is 6.37. The van der Waals surface area contributed by atoms with Crippen LogP contribution >= 0.6 is 0 Å². The maximum absolute atomic E-state index is 11.8. The van der Waals surface area contributed by atoms with Gasteiger partial charge in [-0.25, -0.2) is 9.59 Å². The molecule has 0 bridgehead atoms. The van der Waals surface area contributed by atoms with Gasteiger partial charge in [-0.1, -0.05) is 12.1 Å². The highest BCUT2D eigenvalue weighted by molar-refractivity contribution is 6.07. The topological polar surface area (TPSA) is 93.7 Å². The lowest BCUT2D eigenvalue weighted by Gasteiger charge is -2.21. The molecule has 1 aromatic carbocycles. The molecule has 21 heavy (non-hydrogen) atoms. The highest BCUT2D eigenvalue weighted by atomic mass is 16.6. The standard InChI is InChI=1S/C14H16N2O5/c1-14(12(18)15-13(19)16-14)10-5-3-9(4-6-10)11(17)21-8-7-20-2/h3-6H,7-8H2,1-2H3,(H2,15,16,18,19)/t14-/m1/s1. The summed E-state index contributed by atoms with van der Waals surface area (Å²) in [7, 11) is 1.52. The Hall–Kier alpha value is -2.41. The zero-order valence-electron chi connectivity index (χ0n) is 11.8. The molecule has 3 amide bonds. The Morgan fingerprint density at radius 2 is 1.86 bits per heavy atom. The molecule has 1 aliphatic heterocycles. The SMILES string of the molecule is COCCOC(=O)c1ccc([C@@]2(C)NC(=O)NC2=O)cc1. The van der Waals surface area contributed by atoms with Crippen molar-refractivity contribution < 1.29 is 23.9 Å². The van der Waals surface area contributed by atoms with Gasteiger partial charge in [-0.3, -0.25) is 10.1 Å². The molecule has 0 aliphatic carbocycles. The minimum atomic E-state index is -1.13. The molecule has 1 heterocycles. The van der Waals surface area contributed by atoms with Crippen molar-refractivity contribution in [3.8, 4) is 0 Å². The van der Waals surface area contributed by atoms with E-state index in [9.17, 15) is 14.4 Å². The summed E-state index contributed by atoms with van der Waals surface area (Å²) in [4.78, 5) is 34.8. The molecule has 1 aromatic rings. The van der Waals surface area contributed by atoms with Gasteiger partial charge >= 0.3 is 12.0 Å². The van der Waals surface area contributed by atoms with Crippen LogP contribution in [-0.4, -0.2) is 38.2 Å². The van der Waals surface area contributed by atoms with Crippen molar-refractivity contribution in [2.45, 2.75) is 12.5 Å². The van der Waals surface area contributed by atoms with Crippen molar-refractivity contribution in [2.24, 2.45) is 0 Å². The fraction of sp³-hybridized carbons (Fsp3) is 0.357. The molecule has 2 N–H and O–H groups in total. The van der Waals surface area contributed by atoms with Gasteiger partial charge in [-0.05, 0) is 24.6 Å². The van der Waals surface area contributed by atoms with Gasteiger partial charge in [-0.15, -0.1) is 0 Å². The first-order chi connectivity index (χ1) is 9.97. The zero-order valence-corrected chi connectivity index (χ0v) is 11.8. The summed E-state index contributed by atoms with van der Waals surface area (Å²) >= 11 is 0. The predicted octanol–water partition coefficient (Wildman–Crippen LogP) is 0.544. The molecule has 7 nitrogen and oxygen atoms in total. The third-order valence-corrected chi connectivity index (χ3v) is 3.26. The number of carbonyl (C=O) groups is 3. The number of nitrogens with one attached hydrogen (secondary N) is 2. The summed E-state index contributed by atoms with van der Waals surface area (Å²) in [5.74, 6) is -0.897. The number of hydrogen-bond acceptors (Lipinski definition) is 5. The average molecular weight is 292 g/mol. The number of imide groups is 1. The summed E-state index contributed by atoms with van der Waals surface area (Å²) < 4.78 is 9.77. The molecule has 0 spiro atoms. The Labute approximate surface area is 121 Å². The van der Waals surface area contributed by atoms with Gasteiger partial charge in [-0.2, -0.15) is 0 Å². The molecule has 0 unspecified atom stereocenters. The van der Waals surface area contributed by atoms with Gasteiger partial charge in [0, 0.05) is 7.11 Å². The number of urea groups is 1. The van der Waals surface area contributed by atoms with Gasteiger partial charge in [0.25, 0.3) is 5.91 Å². The summed E-state index contributed by atoms with van der Waals surface area (Å²) in [5, 5.41) is 4.74. The summed E-state index contributed by atoms with van der Waals surface area (Å²) in [6.07, 6.45) is 0. The third kappa shape index (κ3) is 3.03. The van der Waals surface area contributed by atoms with Crippen molar-refractivity contribution >= 4 is 17.9 Å². The molecule has 1 saturated heterocycles. The van der Waals surface area contributed by atoms with E-state index in [1.165, 1.54) is 7.11 Å². The summed E-state index contributed by atoms with van der Waals surface area (Å²) in [5.41, 5.74) is -0.183. The van der Waals surface area contributed by atoms with Crippen LogP contribution in [0.25, 0.3) is 0 Å². The van der Waals surface area contributed by atoms with Gasteiger partial charge in [0.15, 0.2) is 0 Å². The van der Waals surface area contributed by atoms with Gasteiger partial charge in [0.05, 0.1) is 12.2 Å². The van der Waals surface area contributed by atoms with E-state index in [0.29, 0.717) is 17.7 Å². The van der Waals surface area contributed by atoms with E-state index in [1.54, 1.807) is 31.2 Å². The lowest BCUT2D eigenvalue weighted by molar-refractivity contribution is -0.123. The molecule has 0 radical (unpaired) electrons. The van der Waals surface area contributed by atoms with Crippen LogP contribution in [0.4, 0.5) is 4.79 Å². The Balaban J connectivity index is 2.10. The zero-order chi connectivity index (χ0) is 15.5. The van der Waals surface area contributed by atoms with Gasteiger partial charge in [0.2, 0.25) is 0 Å². The predicted molar refractivity (Wildman–Crippen MR) is 72.6 cm³/mol. The quantitative estimate of drug-likeness (QED) is 0.469. The van der Waals surface area contributed by atoms with E-state index in [4.69, 9.17) is 9.47 Å². The minimum Gasteiger partial charge on any atom is -0.460 e. The normalized spacial score (nSPS) is 20.9. The first-order valence-electron chi connectivity index (χ1n) is 6.37. The largest absolute Gasteiger partial charge is 0.460 e. The fourth-order valence-electron chi connectivity index (χ4n) is 1.99. The van der Waals surface area contributed by atoms with Crippen LogP contribution in [0.5, 0.6) is 0 Å². The number of amides is 3. The van der Waals surface area contributed by atoms with Crippen LogP contribution in [0.1, 0.15) is 22.8 Å². The third-order valence-electron chi connectivity index (χ3n) is 3.26. The monoisotopic (exact) mass is 292 g/mol. The Morgan fingerprint density at radius 1 is 1.19 bits per heavy atom. The number of ether oxygens (including phenoxy) is 2. The number of rotatable bonds is 5. The van der Waals surface area contributed by atoms with E-state index >= 15 is 0 Å². The second-order valence-corrected chi connectivity index (χ2v) is 4.74. The highest BCUT2D eigenvalue weighted by Crippen LogP contribution is 2.24. The Bertz CT molecular complexity index is 569. The van der Waals surface area contributed by atoms with Crippen LogP contribution in [0, 0.1) is 0 Å². The van der Waals surface area contributed by atoms with Crippen molar-refractivity contribution in [3.05, 3.63) is 35.4 Å². The second-order valence-electron chi connectivity index (χ2n) is 4.74. The summed E-state index contributed by atoms with van der Waals surface area (Å²) in [6.45, 7) is 2.10. The maximum atomic E-state index is 11.8. The molecule has 2 rings (SSSR count). The van der Waals surface area contributed by atoms with E-state index in [0.717, 1.165) is 0 Å². The van der Waals surface area contributed by atoms with Crippen LogP contribution in [0.15, 0.2) is 24.3 Å². The van der Waals surface area contributed by atoms with Crippen LogP contribution in [0.3, 0.4) is 0 Å². The van der Waals surface area contributed by atoms with Crippen molar-refractivity contribution in [3.63, 3.8) is 0 Å². The molecule has 1 atom stereocenters. The fourth-order valence-corrected chi connectivity index (χ4v) is 1.99. The molecule has 1 fully saturated rings. The van der Waals surface area contributed by atoms with Crippen molar-refractivity contribution in [1.29, 1.82) is 0 Å². The molecular weight excluding hydrogens is 276 g/mol. The molecule has 0 saturated carbocycles. The Morgan fingerprint density at radius 3 is 2.38 bits per heavy atom. The molecule has 7 heteroatoms. The molecule has 1 aliphatic rings. The van der Waals surface area contributed by atoms with Gasteiger partial charge in [0.1, 0.15) is 12.1 Å². The average Bonchev–Trinajstić information content (AvgIpc) is 2.73. The van der Waals surface area contributed by atoms with E-state index in [2.05, 4.69) is 10.6 Å². The Kier molecular flexibility index (Phi) is 4.23. The first kappa shape index (κ1) is 15.0. The summed E-state index contributed by atoms with van der Waals surface area (Å²) in [6, 6.07) is 5.78. The number of esters is 1. The van der Waals surface area contributed by atoms with Crippen LogP contribution in [0.2, 0.25) is 0 Å². The molecular formula is C14H16N2O5. The van der Waals surface area contributed by atoms with Crippen LogP contribution < -0.4 is 10.6 Å². The second kappa shape index (κ2) is 5.92. The van der Waals surface area contributed by atoms with E-state index in [-0.39, 0.29) is 6.61 Å². The number of hydrogen-bond donors (Lipinski definition) is 2. The van der Waals surface area contributed by atoms with E-state index < -0.39 is 23.4 Å². The highest BCUT2D eigenvalue weighted by Gasteiger charge is 2.43. The smallest absolute Gasteiger partial charge is 0.338 e. The number of carbonyl (C=O) groups excluding carboxylic acids is 3. The van der Waals surface area contributed by atoms with Crippen molar-refractivity contribution in [2.75, 3.05) is 20.3 Å². The number of benzene rings is 1.